The molecule has 2 amide bonds. The van der Waals surface area contributed by atoms with Crippen molar-refractivity contribution in [2.24, 2.45) is 0 Å². The van der Waals surface area contributed by atoms with Gasteiger partial charge in [-0.25, -0.2) is 0 Å². The first-order valence-corrected chi connectivity index (χ1v) is 7.86. The molecule has 0 aromatic heterocycles. The standard InChI is InChI=1S/C15H20BrN3O2.ClH/c1-10-9-17-7-8-19(10)15(21)11(2)18-14(20)12-3-5-13(16)6-4-12;/h3-6,10-11,17H,7-9H2,1-2H3,(H,18,20);1H/t10-,11?;/m1./s1. The maximum atomic E-state index is 12.4. The minimum Gasteiger partial charge on any atom is -0.341 e. The van der Waals surface area contributed by atoms with Gasteiger partial charge in [-0.05, 0) is 38.1 Å². The zero-order valence-electron chi connectivity index (χ0n) is 12.6. The van der Waals surface area contributed by atoms with Gasteiger partial charge in [-0.3, -0.25) is 9.59 Å². The molecule has 1 aromatic carbocycles. The highest BCUT2D eigenvalue weighted by Crippen LogP contribution is 2.11. The van der Waals surface area contributed by atoms with E-state index in [0.29, 0.717) is 12.1 Å². The Morgan fingerprint density at radius 3 is 2.59 bits per heavy atom. The fraction of sp³-hybridized carbons (Fsp3) is 0.467. The summed E-state index contributed by atoms with van der Waals surface area (Å²) in [6, 6.07) is 6.69. The lowest BCUT2D eigenvalue weighted by atomic mass is 10.1. The molecule has 1 aromatic rings. The van der Waals surface area contributed by atoms with Crippen LogP contribution in [0.4, 0.5) is 0 Å². The zero-order chi connectivity index (χ0) is 15.4. The van der Waals surface area contributed by atoms with Crippen LogP contribution < -0.4 is 10.6 Å². The molecule has 1 unspecified atom stereocenters. The van der Waals surface area contributed by atoms with Crippen LogP contribution in [0.15, 0.2) is 28.7 Å². The van der Waals surface area contributed by atoms with Crippen molar-refractivity contribution in [1.29, 1.82) is 0 Å². The Morgan fingerprint density at radius 2 is 2.00 bits per heavy atom. The van der Waals surface area contributed by atoms with Gasteiger partial charge < -0.3 is 15.5 Å². The second kappa shape index (κ2) is 8.50. The van der Waals surface area contributed by atoms with Crippen molar-refractivity contribution >= 4 is 40.2 Å². The number of hydrogen-bond donors (Lipinski definition) is 2. The van der Waals surface area contributed by atoms with Crippen LogP contribution >= 0.6 is 28.3 Å². The summed E-state index contributed by atoms with van der Waals surface area (Å²) in [5.74, 6) is -0.263. The number of rotatable bonds is 3. The summed E-state index contributed by atoms with van der Waals surface area (Å²) in [6.45, 7) is 6.00. The molecular weight excluding hydrogens is 370 g/mol. The summed E-state index contributed by atoms with van der Waals surface area (Å²) in [4.78, 5) is 26.4. The van der Waals surface area contributed by atoms with E-state index in [9.17, 15) is 9.59 Å². The average Bonchev–Trinajstić information content (AvgIpc) is 2.47. The van der Waals surface area contributed by atoms with E-state index in [0.717, 1.165) is 17.6 Å². The van der Waals surface area contributed by atoms with Gasteiger partial charge in [0.25, 0.3) is 5.91 Å². The van der Waals surface area contributed by atoms with Crippen LogP contribution in [-0.2, 0) is 4.79 Å². The highest BCUT2D eigenvalue weighted by Gasteiger charge is 2.27. The fourth-order valence-electron chi connectivity index (χ4n) is 2.36. The SMILES string of the molecule is CC(NC(=O)c1ccc(Br)cc1)C(=O)N1CCNC[C@H]1C.Cl. The van der Waals surface area contributed by atoms with E-state index in [4.69, 9.17) is 0 Å². The van der Waals surface area contributed by atoms with Gasteiger partial charge in [0.15, 0.2) is 0 Å². The third kappa shape index (κ3) is 4.69. The van der Waals surface area contributed by atoms with Crippen molar-refractivity contribution in [2.75, 3.05) is 19.6 Å². The van der Waals surface area contributed by atoms with Crippen molar-refractivity contribution in [3.05, 3.63) is 34.3 Å². The van der Waals surface area contributed by atoms with E-state index in [2.05, 4.69) is 26.6 Å². The molecule has 1 saturated heterocycles. The number of carbonyl (C=O) groups excluding carboxylic acids is 2. The summed E-state index contributed by atoms with van der Waals surface area (Å²) in [5, 5.41) is 6.01. The van der Waals surface area contributed by atoms with Crippen molar-refractivity contribution in [2.45, 2.75) is 25.9 Å². The number of carbonyl (C=O) groups is 2. The van der Waals surface area contributed by atoms with Crippen molar-refractivity contribution in [3.63, 3.8) is 0 Å². The number of nitrogens with zero attached hydrogens (tertiary/aromatic N) is 1. The third-order valence-electron chi connectivity index (χ3n) is 3.61. The smallest absolute Gasteiger partial charge is 0.251 e. The number of halogens is 2. The van der Waals surface area contributed by atoms with Crippen molar-refractivity contribution in [1.82, 2.24) is 15.5 Å². The molecule has 5 nitrogen and oxygen atoms in total. The summed E-state index contributed by atoms with van der Waals surface area (Å²) in [5.41, 5.74) is 0.547. The lowest BCUT2D eigenvalue weighted by molar-refractivity contribution is -0.135. The molecule has 1 heterocycles. The summed E-state index contributed by atoms with van der Waals surface area (Å²) >= 11 is 3.33. The van der Waals surface area contributed by atoms with E-state index in [1.165, 1.54) is 0 Å². The molecule has 0 saturated carbocycles. The van der Waals surface area contributed by atoms with Crippen molar-refractivity contribution in [3.8, 4) is 0 Å². The topological polar surface area (TPSA) is 61.4 Å². The van der Waals surface area contributed by atoms with Gasteiger partial charge in [0.2, 0.25) is 5.91 Å². The fourth-order valence-corrected chi connectivity index (χ4v) is 2.62. The molecule has 2 rings (SSSR count). The molecule has 2 atom stereocenters. The zero-order valence-corrected chi connectivity index (χ0v) is 15.0. The van der Waals surface area contributed by atoms with Crippen molar-refractivity contribution < 1.29 is 9.59 Å². The lowest BCUT2D eigenvalue weighted by Gasteiger charge is -2.35. The number of benzene rings is 1. The van der Waals surface area contributed by atoms with Crippen LogP contribution in [0.5, 0.6) is 0 Å². The molecule has 22 heavy (non-hydrogen) atoms. The van der Waals surface area contributed by atoms with E-state index >= 15 is 0 Å². The number of hydrogen-bond acceptors (Lipinski definition) is 3. The molecule has 0 radical (unpaired) electrons. The van der Waals surface area contributed by atoms with Gasteiger partial charge in [0.05, 0.1) is 0 Å². The predicted molar refractivity (Wildman–Crippen MR) is 92.4 cm³/mol. The van der Waals surface area contributed by atoms with E-state index in [-0.39, 0.29) is 30.3 Å². The van der Waals surface area contributed by atoms with Gasteiger partial charge in [-0.1, -0.05) is 15.9 Å². The van der Waals surface area contributed by atoms with Crippen LogP contribution in [0.3, 0.4) is 0 Å². The monoisotopic (exact) mass is 389 g/mol. The first kappa shape index (κ1) is 18.9. The minimum absolute atomic E-state index is 0. The van der Waals surface area contributed by atoms with Gasteiger partial charge in [0, 0.05) is 35.7 Å². The minimum atomic E-state index is -0.526. The second-order valence-electron chi connectivity index (χ2n) is 5.29. The van der Waals surface area contributed by atoms with Crippen LogP contribution in [0.25, 0.3) is 0 Å². The molecule has 122 valence electrons. The van der Waals surface area contributed by atoms with Gasteiger partial charge in [-0.2, -0.15) is 0 Å². The first-order chi connectivity index (χ1) is 9.99. The molecule has 1 aliphatic rings. The number of amides is 2. The molecule has 0 bridgehead atoms. The largest absolute Gasteiger partial charge is 0.341 e. The van der Waals surface area contributed by atoms with E-state index in [1.54, 1.807) is 31.2 Å². The van der Waals surface area contributed by atoms with E-state index in [1.807, 2.05) is 11.8 Å². The summed E-state index contributed by atoms with van der Waals surface area (Å²) < 4.78 is 0.915. The summed E-state index contributed by atoms with van der Waals surface area (Å²) in [7, 11) is 0. The van der Waals surface area contributed by atoms with Crippen LogP contribution in [0, 0.1) is 0 Å². The molecule has 0 spiro atoms. The molecular formula is C15H21BrClN3O2. The number of nitrogens with one attached hydrogen (secondary N) is 2. The second-order valence-corrected chi connectivity index (χ2v) is 6.20. The normalized spacial score (nSPS) is 19.0. The molecule has 1 aliphatic heterocycles. The quantitative estimate of drug-likeness (QED) is 0.827. The molecule has 2 N–H and O–H groups in total. The van der Waals surface area contributed by atoms with Gasteiger partial charge in [0.1, 0.15) is 6.04 Å². The Balaban J connectivity index is 0.00000242. The van der Waals surface area contributed by atoms with Crippen LogP contribution in [0.2, 0.25) is 0 Å². The van der Waals surface area contributed by atoms with E-state index < -0.39 is 6.04 Å². The molecule has 0 aliphatic carbocycles. The maximum absolute atomic E-state index is 12.4. The Morgan fingerprint density at radius 1 is 1.36 bits per heavy atom. The Bertz CT molecular complexity index is 524. The molecule has 1 fully saturated rings. The Kier molecular flexibility index (Phi) is 7.32. The summed E-state index contributed by atoms with van der Waals surface area (Å²) in [6.07, 6.45) is 0. The average molecular weight is 391 g/mol. The lowest BCUT2D eigenvalue weighted by Crippen LogP contribution is -2.57. The van der Waals surface area contributed by atoms with Crippen LogP contribution in [0.1, 0.15) is 24.2 Å². The predicted octanol–water partition coefficient (Wildman–Crippen LogP) is 1.81. The van der Waals surface area contributed by atoms with Gasteiger partial charge >= 0.3 is 0 Å². The maximum Gasteiger partial charge on any atom is 0.251 e. The Hall–Kier alpha value is -1.11. The number of piperazine rings is 1. The first-order valence-electron chi connectivity index (χ1n) is 7.06. The van der Waals surface area contributed by atoms with Gasteiger partial charge in [-0.15, -0.1) is 12.4 Å². The highest BCUT2D eigenvalue weighted by atomic mass is 79.9. The highest BCUT2D eigenvalue weighted by molar-refractivity contribution is 9.10. The molecule has 7 heteroatoms. The third-order valence-corrected chi connectivity index (χ3v) is 4.14. The van der Waals surface area contributed by atoms with Crippen LogP contribution in [-0.4, -0.2) is 48.4 Å². The Labute approximate surface area is 145 Å².